The number of benzene rings is 1. The van der Waals surface area contributed by atoms with Gasteiger partial charge in [0.25, 0.3) is 0 Å². The minimum absolute atomic E-state index is 0.0344. The first kappa shape index (κ1) is 14.1. The molecule has 4 saturated carbocycles. The van der Waals surface area contributed by atoms with Crippen molar-refractivity contribution in [1.29, 1.82) is 0 Å². The van der Waals surface area contributed by atoms with Gasteiger partial charge in [0, 0.05) is 6.42 Å². The molecule has 0 aromatic heterocycles. The van der Waals surface area contributed by atoms with Crippen molar-refractivity contribution < 1.29 is 15.0 Å². The van der Waals surface area contributed by atoms with Crippen LogP contribution in [0.4, 0.5) is 5.69 Å². The van der Waals surface area contributed by atoms with E-state index in [0.29, 0.717) is 23.9 Å². The summed E-state index contributed by atoms with van der Waals surface area (Å²) < 4.78 is 0. The van der Waals surface area contributed by atoms with Crippen molar-refractivity contribution in [3.63, 3.8) is 0 Å². The summed E-state index contributed by atoms with van der Waals surface area (Å²) in [5.41, 5.74) is -0.0945. The Labute approximate surface area is 130 Å². The molecule has 1 amide bonds. The van der Waals surface area contributed by atoms with Crippen molar-refractivity contribution in [3.05, 3.63) is 24.3 Å². The van der Waals surface area contributed by atoms with E-state index in [1.807, 2.05) is 0 Å². The van der Waals surface area contributed by atoms with Gasteiger partial charge in [0.2, 0.25) is 5.91 Å². The van der Waals surface area contributed by atoms with Crippen LogP contribution in [0.15, 0.2) is 24.3 Å². The number of carbonyl (C=O) groups excluding carboxylic acids is 1. The molecule has 4 bridgehead atoms. The Morgan fingerprint density at radius 2 is 1.86 bits per heavy atom. The van der Waals surface area contributed by atoms with Crippen LogP contribution in [0.1, 0.15) is 44.9 Å². The van der Waals surface area contributed by atoms with Crippen molar-refractivity contribution in [2.24, 2.45) is 17.3 Å². The molecule has 4 aliphatic carbocycles. The second-order valence-electron chi connectivity index (χ2n) is 7.93. The Hall–Kier alpha value is -1.55. The molecule has 1 aromatic carbocycles. The lowest BCUT2D eigenvalue weighted by atomic mass is 9.47. The molecule has 4 heteroatoms. The number of aliphatic hydroxyl groups is 1. The maximum Gasteiger partial charge on any atom is 0.225 e. The molecule has 0 unspecified atom stereocenters. The first-order chi connectivity index (χ1) is 10.5. The van der Waals surface area contributed by atoms with Gasteiger partial charge in [0.05, 0.1) is 11.3 Å². The smallest absolute Gasteiger partial charge is 0.225 e. The Morgan fingerprint density at radius 1 is 1.18 bits per heavy atom. The molecule has 4 fully saturated rings. The standard InChI is InChI=1S/C18H23NO3/c20-15-4-2-1-3-14(15)19-16(21)10-17-6-12-5-13(7-17)9-18(22,8-12)11-17/h1-4,12-13,20,22H,5-11H2,(H,19,21)/t12-,13-,17?,18?/m1/s1. The van der Waals surface area contributed by atoms with Gasteiger partial charge in [-0.05, 0) is 67.9 Å². The predicted molar refractivity (Wildman–Crippen MR) is 83.4 cm³/mol. The molecule has 5 rings (SSSR count). The summed E-state index contributed by atoms with van der Waals surface area (Å²) in [6.45, 7) is 0. The van der Waals surface area contributed by atoms with Crippen LogP contribution in [0.25, 0.3) is 0 Å². The number of rotatable bonds is 3. The maximum absolute atomic E-state index is 12.4. The largest absolute Gasteiger partial charge is 0.506 e. The first-order valence-corrected chi connectivity index (χ1v) is 8.26. The SMILES string of the molecule is O=C(CC12C[C@H]3C[C@@H](CC(O)(C3)C1)C2)Nc1ccccc1O. The Kier molecular flexibility index (Phi) is 3.02. The number of anilines is 1. The average molecular weight is 301 g/mol. The number of phenolic OH excluding ortho intramolecular Hbond substituents is 1. The molecular formula is C18H23NO3. The molecule has 0 heterocycles. The van der Waals surface area contributed by atoms with Crippen molar-refractivity contribution in [3.8, 4) is 5.75 Å². The van der Waals surface area contributed by atoms with E-state index in [1.165, 1.54) is 6.42 Å². The molecule has 22 heavy (non-hydrogen) atoms. The fourth-order valence-electron chi connectivity index (χ4n) is 5.72. The third kappa shape index (κ3) is 2.39. The van der Waals surface area contributed by atoms with Crippen molar-refractivity contribution in [2.75, 3.05) is 5.32 Å². The number of carbonyl (C=O) groups is 1. The minimum Gasteiger partial charge on any atom is -0.506 e. The highest BCUT2D eigenvalue weighted by atomic mass is 16.3. The van der Waals surface area contributed by atoms with Crippen molar-refractivity contribution in [1.82, 2.24) is 0 Å². The van der Waals surface area contributed by atoms with Gasteiger partial charge in [-0.1, -0.05) is 12.1 Å². The van der Waals surface area contributed by atoms with E-state index in [9.17, 15) is 15.0 Å². The number of nitrogens with one attached hydrogen (secondary N) is 1. The van der Waals surface area contributed by atoms with Gasteiger partial charge >= 0.3 is 0 Å². The molecule has 0 saturated heterocycles. The summed E-state index contributed by atoms with van der Waals surface area (Å²) in [4.78, 5) is 12.4. The fourth-order valence-corrected chi connectivity index (χ4v) is 5.72. The molecule has 0 spiro atoms. The monoisotopic (exact) mass is 301 g/mol. The second kappa shape index (κ2) is 4.72. The molecular weight excluding hydrogens is 278 g/mol. The van der Waals surface area contributed by atoms with E-state index < -0.39 is 5.60 Å². The zero-order chi connectivity index (χ0) is 15.4. The third-order valence-corrected chi connectivity index (χ3v) is 5.87. The van der Waals surface area contributed by atoms with Gasteiger partial charge < -0.3 is 15.5 Å². The molecule has 0 radical (unpaired) electrons. The molecule has 0 aliphatic heterocycles. The van der Waals surface area contributed by atoms with Gasteiger partial charge in [0.1, 0.15) is 5.75 Å². The molecule has 4 nitrogen and oxygen atoms in total. The summed E-state index contributed by atoms with van der Waals surface area (Å²) in [6, 6.07) is 6.81. The van der Waals surface area contributed by atoms with Crippen molar-refractivity contribution in [2.45, 2.75) is 50.5 Å². The number of hydrogen-bond acceptors (Lipinski definition) is 3. The van der Waals surface area contributed by atoms with Crippen LogP contribution >= 0.6 is 0 Å². The van der Waals surface area contributed by atoms with E-state index in [4.69, 9.17) is 0 Å². The highest BCUT2D eigenvalue weighted by Gasteiger charge is 2.57. The van der Waals surface area contributed by atoms with Crippen LogP contribution in [0.3, 0.4) is 0 Å². The molecule has 2 atom stereocenters. The van der Waals surface area contributed by atoms with Gasteiger partial charge in [-0.2, -0.15) is 0 Å². The van der Waals surface area contributed by atoms with Crippen LogP contribution in [-0.2, 0) is 4.79 Å². The molecule has 1 aromatic rings. The lowest BCUT2D eigenvalue weighted by molar-refractivity contribution is -0.167. The Morgan fingerprint density at radius 3 is 2.50 bits per heavy atom. The lowest BCUT2D eigenvalue weighted by Gasteiger charge is -2.60. The molecule has 3 N–H and O–H groups in total. The number of hydrogen-bond donors (Lipinski definition) is 3. The molecule has 4 aliphatic rings. The number of aromatic hydroxyl groups is 1. The quantitative estimate of drug-likeness (QED) is 0.752. The predicted octanol–water partition coefficient (Wildman–Crippen LogP) is 3.05. The van der Waals surface area contributed by atoms with Gasteiger partial charge in [-0.3, -0.25) is 4.79 Å². The highest BCUT2D eigenvalue weighted by Crippen LogP contribution is 2.62. The Bertz CT molecular complexity index is 598. The fraction of sp³-hybridized carbons (Fsp3) is 0.611. The minimum atomic E-state index is -0.529. The van der Waals surface area contributed by atoms with Crippen LogP contribution in [0.2, 0.25) is 0 Å². The summed E-state index contributed by atoms with van der Waals surface area (Å²) in [5.74, 6) is 1.22. The van der Waals surface area contributed by atoms with E-state index in [2.05, 4.69) is 5.32 Å². The Balaban J connectivity index is 1.49. The third-order valence-electron chi connectivity index (χ3n) is 5.87. The first-order valence-electron chi connectivity index (χ1n) is 8.26. The van der Waals surface area contributed by atoms with E-state index >= 15 is 0 Å². The van der Waals surface area contributed by atoms with Crippen molar-refractivity contribution >= 4 is 11.6 Å². The number of phenols is 1. The summed E-state index contributed by atoms with van der Waals surface area (Å²) in [7, 11) is 0. The van der Waals surface area contributed by atoms with Crippen LogP contribution in [0, 0.1) is 17.3 Å². The molecule has 118 valence electrons. The normalized spacial score (nSPS) is 39.0. The maximum atomic E-state index is 12.4. The summed E-state index contributed by atoms with van der Waals surface area (Å²) in [5, 5.41) is 23.3. The topological polar surface area (TPSA) is 69.6 Å². The number of amides is 1. The van der Waals surface area contributed by atoms with Crippen LogP contribution in [-0.4, -0.2) is 21.7 Å². The van der Waals surface area contributed by atoms with Crippen LogP contribution in [0.5, 0.6) is 5.75 Å². The van der Waals surface area contributed by atoms with E-state index in [0.717, 1.165) is 32.1 Å². The highest BCUT2D eigenvalue weighted by molar-refractivity contribution is 5.92. The van der Waals surface area contributed by atoms with E-state index in [1.54, 1.807) is 24.3 Å². The number of para-hydroxylation sites is 2. The summed E-state index contributed by atoms with van der Waals surface area (Å²) in [6.07, 6.45) is 6.43. The second-order valence-corrected chi connectivity index (χ2v) is 7.93. The zero-order valence-electron chi connectivity index (χ0n) is 12.7. The van der Waals surface area contributed by atoms with Gasteiger partial charge in [0.15, 0.2) is 0 Å². The van der Waals surface area contributed by atoms with E-state index in [-0.39, 0.29) is 17.1 Å². The van der Waals surface area contributed by atoms with Gasteiger partial charge in [-0.15, -0.1) is 0 Å². The zero-order valence-corrected chi connectivity index (χ0v) is 12.7. The summed E-state index contributed by atoms with van der Waals surface area (Å²) >= 11 is 0. The van der Waals surface area contributed by atoms with Gasteiger partial charge in [-0.25, -0.2) is 0 Å². The lowest BCUT2D eigenvalue weighted by Crippen LogP contribution is -2.56. The van der Waals surface area contributed by atoms with Crippen LogP contribution < -0.4 is 5.32 Å². The average Bonchev–Trinajstić information content (AvgIpc) is 2.37.